The summed E-state index contributed by atoms with van der Waals surface area (Å²) in [4.78, 5) is 26.6. The Balaban J connectivity index is 1.66. The van der Waals surface area contributed by atoms with Crippen molar-refractivity contribution in [2.45, 2.75) is 75.5 Å². The Kier molecular flexibility index (Phi) is 5.94. The van der Waals surface area contributed by atoms with Crippen LogP contribution in [-0.2, 0) is 15.9 Å². The van der Waals surface area contributed by atoms with E-state index in [0.29, 0.717) is 0 Å². The van der Waals surface area contributed by atoms with Gasteiger partial charge in [0.1, 0.15) is 11.5 Å². The molecular formula is C26H29NO9. The molecule has 1 aliphatic heterocycles. The zero-order valence-electron chi connectivity index (χ0n) is 19.8. The Morgan fingerprint density at radius 2 is 1.69 bits per heavy atom. The molecule has 1 saturated heterocycles. The van der Waals surface area contributed by atoms with Gasteiger partial charge in [0.05, 0.1) is 41.1 Å². The minimum absolute atomic E-state index is 0.000350. The fraction of sp³-hybridized carbons (Fsp3) is 0.462. The molecule has 192 valence electrons. The third kappa shape index (κ3) is 3.64. The van der Waals surface area contributed by atoms with E-state index in [1.165, 1.54) is 19.1 Å². The van der Waals surface area contributed by atoms with Gasteiger partial charge in [-0.1, -0.05) is 24.3 Å². The average Bonchev–Trinajstić information content (AvgIpc) is 2.82. The number of nitrogens with two attached hydrogens (primary N) is 1. The highest BCUT2D eigenvalue weighted by molar-refractivity contribution is 6.30. The molecule has 5 rings (SSSR count). The molecule has 1 fully saturated rings. The summed E-state index contributed by atoms with van der Waals surface area (Å²) in [5.74, 6) is -2.35. The molecule has 10 heteroatoms. The molecule has 2 aromatic rings. The van der Waals surface area contributed by atoms with Gasteiger partial charge in [-0.05, 0) is 13.8 Å². The molecule has 0 spiro atoms. The molecule has 0 bridgehead atoms. The van der Waals surface area contributed by atoms with Crippen LogP contribution in [0.15, 0.2) is 24.3 Å². The van der Waals surface area contributed by atoms with Crippen LogP contribution in [0.2, 0.25) is 0 Å². The fourth-order valence-electron chi connectivity index (χ4n) is 5.50. The molecule has 2 aliphatic carbocycles. The largest absolute Gasteiger partial charge is 0.507 e. The third-order valence-corrected chi connectivity index (χ3v) is 7.65. The van der Waals surface area contributed by atoms with Crippen LogP contribution in [0, 0.1) is 0 Å². The zero-order chi connectivity index (χ0) is 26.1. The maximum absolute atomic E-state index is 13.3. The lowest BCUT2D eigenvalue weighted by Crippen LogP contribution is -2.53. The second-order valence-electron chi connectivity index (χ2n) is 9.99. The van der Waals surface area contributed by atoms with E-state index in [1.54, 1.807) is 19.1 Å². The van der Waals surface area contributed by atoms with E-state index in [9.17, 15) is 35.1 Å². The lowest BCUT2D eigenvalue weighted by Gasteiger charge is -2.43. The number of phenolic OH excluding ortho intramolecular Hbond substituents is 2. The van der Waals surface area contributed by atoms with Crippen LogP contribution in [0.4, 0.5) is 0 Å². The first-order valence-electron chi connectivity index (χ1n) is 11.9. The quantitative estimate of drug-likeness (QED) is 0.282. The second-order valence-corrected chi connectivity index (χ2v) is 9.99. The van der Waals surface area contributed by atoms with Gasteiger partial charge < -0.3 is 40.7 Å². The van der Waals surface area contributed by atoms with Crippen molar-refractivity contribution in [2.24, 2.45) is 5.73 Å². The molecule has 0 radical (unpaired) electrons. The molecule has 0 aromatic heterocycles. The number of ether oxygens (including phenoxy) is 2. The van der Waals surface area contributed by atoms with Crippen LogP contribution in [0.1, 0.15) is 75.8 Å². The molecular weight excluding hydrogens is 470 g/mol. The minimum Gasteiger partial charge on any atom is -0.507 e. The van der Waals surface area contributed by atoms with E-state index in [1.807, 2.05) is 0 Å². The van der Waals surface area contributed by atoms with Crippen molar-refractivity contribution in [2.75, 3.05) is 0 Å². The van der Waals surface area contributed by atoms with E-state index < -0.39 is 65.4 Å². The number of aliphatic hydroxyl groups is 3. The van der Waals surface area contributed by atoms with Gasteiger partial charge in [-0.2, -0.15) is 0 Å². The van der Waals surface area contributed by atoms with E-state index in [4.69, 9.17) is 15.2 Å². The third-order valence-electron chi connectivity index (χ3n) is 7.65. The first-order valence-corrected chi connectivity index (χ1v) is 11.9. The Morgan fingerprint density at radius 3 is 2.25 bits per heavy atom. The Bertz CT molecular complexity index is 1250. The van der Waals surface area contributed by atoms with Gasteiger partial charge in [0.2, 0.25) is 0 Å². The standard InChI is InChI=1S/C26H29NO9/c1-10-21(29)15(27)7-17(35-10)36-16-9-26(34,11(2)28)8-14-18(16)25(33)20-19(24(14)32)22(30)12-5-3-4-6-13(12)23(20)31/h3-6,10-11,15-17,21,28-29,32-34H,7-9,27H2,1-2H3/t10-,11+,15-,16-,17-,21-,26-/m0/s1. The molecule has 10 nitrogen and oxygen atoms in total. The normalized spacial score (nSPS) is 32.4. The van der Waals surface area contributed by atoms with Gasteiger partial charge in [0.15, 0.2) is 17.9 Å². The van der Waals surface area contributed by atoms with Gasteiger partial charge in [-0.25, -0.2) is 0 Å². The summed E-state index contributed by atoms with van der Waals surface area (Å²) in [5.41, 5.74) is 3.77. The minimum atomic E-state index is -1.78. The van der Waals surface area contributed by atoms with Crippen molar-refractivity contribution >= 4 is 11.6 Å². The van der Waals surface area contributed by atoms with Gasteiger partial charge in [0.25, 0.3) is 0 Å². The summed E-state index contributed by atoms with van der Waals surface area (Å²) >= 11 is 0. The van der Waals surface area contributed by atoms with Gasteiger partial charge in [-0.3, -0.25) is 9.59 Å². The van der Waals surface area contributed by atoms with Crippen LogP contribution in [0.5, 0.6) is 11.5 Å². The molecule has 0 unspecified atom stereocenters. The van der Waals surface area contributed by atoms with Gasteiger partial charge in [-0.15, -0.1) is 0 Å². The second kappa shape index (κ2) is 8.62. The Labute approximate surface area is 206 Å². The van der Waals surface area contributed by atoms with Crippen molar-refractivity contribution in [3.05, 3.63) is 57.6 Å². The first-order chi connectivity index (χ1) is 16.9. The summed E-state index contributed by atoms with van der Waals surface area (Å²) in [6.45, 7) is 3.01. The lowest BCUT2D eigenvalue weighted by molar-refractivity contribution is -0.250. The number of hydrogen-bond acceptors (Lipinski definition) is 10. The van der Waals surface area contributed by atoms with Gasteiger partial charge in [0, 0.05) is 47.6 Å². The van der Waals surface area contributed by atoms with Crippen LogP contribution in [-0.4, -0.2) is 73.3 Å². The van der Waals surface area contributed by atoms with Crippen LogP contribution in [0.25, 0.3) is 0 Å². The van der Waals surface area contributed by atoms with E-state index in [0.717, 1.165) is 0 Å². The fourth-order valence-corrected chi connectivity index (χ4v) is 5.50. The average molecular weight is 500 g/mol. The molecule has 2 aromatic carbocycles. The highest BCUT2D eigenvalue weighted by Crippen LogP contribution is 2.52. The number of benzene rings is 2. The van der Waals surface area contributed by atoms with Gasteiger partial charge >= 0.3 is 0 Å². The van der Waals surface area contributed by atoms with E-state index in [-0.39, 0.29) is 52.6 Å². The number of aromatic hydroxyl groups is 2. The topological polar surface area (TPSA) is 180 Å². The maximum atomic E-state index is 13.3. The predicted octanol–water partition coefficient (Wildman–Crippen LogP) is 0.812. The monoisotopic (exact) mass is 499 g/mol. The number of ketones is 2. The smallest absolute Gasteiger partial charge is 0.198 e. The molecule has 3 aliphatic rings. The summed E-state index contributed by atoms with van der Waals surface area (Å²) in [5, 5.41) is 54.4. The number of phenols is 2. The number of hydrogen-bond donors (Lipinski definition) is 6. The van der Waals surface area contributed by atoms with Crippen LogP contribution < -0.4 is 5.73 Å². The first kappa shape index (κ1) is 24.8. The Morgan fingerprint density at radius 1 is 1.11 bits per heavy atom. The zero-order valence-corrected chi connectivity index (χ0v) is 19.8. The lowest BCUT2D eigenvalue weighted by atomic mass is 9.71. The predicted molar refractivity (Wildman–Crippen MR) is 125 cm³/mol. The summed E-state index contributed by atoms with van der Waals surface area (Å²) in [6, 6.07) is 5.47. The molecule has 7 N–H and O–H groups in total. The van der Waals surface area contributed by atoms with Crippen LogP contribution >= 0.6 is 0 Å². The number of fused-ring (bicyclic) bond motifs is 3. The van der Waals surface area contributed by atoms with Crippen LogP contribution in [0.3, 0.4) is 0 Å². The number of carbonyl (C=O) groups is 2. The molecule has 0 saturated carbocycles. The number of carbonyl (C=O) groups excluding carboxylic acids is 2. The van der Waals surface area contributed by atoms with Crippen molar-refractivity contribution in [3.63, 3.8) is 0 Å². The maximum Gasteiger partial charge on any atom is 0.198 e. The molecule has 0 amide bonds. The SMILES string of the molecule is C[C@@H]1O[C@@H](O[C@H]2C[C@](O)([C@@H](C)O)Cc3c(O)c4c(c(O)c32)C(=O)c2ccccc2C4=O)C[C@H](N)[C@H]1O. The summed E-state index contributed by atoms with van der Waals surface area (Å²) in [6.07, 6.45) is -5.29. The molecule has 7 atom stereocenters. The summed E-state index contributed by atoms with van der Waals surface area (Å²) in [7, 11) is 0. The Hall–Kier alpha value is -2.86. The van der Waals surface area contributed by atoms with E-state index >= 15 is 0 Å². The number of rotatable bonds is 3. The highest BCUT2D eigenvalue weighted by atomic mass is 16.7. The van der Waals surface area contributed by atoms with Crippen molar-refractivity contribution in [3.8, 4) is 11.5 Å². The molecule has 36 heavy (non-hydrogen) atoms. The van der Waals surface area contributed by atoms with E-state index in [2.05, 4.69) is 0 Å². The number of aliphatic hydroxyl groups excluding tert-OH is 2. The summed E-state index contributed by atoms with van der Waals surface area (Å²) < 4.78 is 11.8. The molecule has 1 heterocycles. The van der Waals surface area contributed by atoms with Crippen molar-refractivity contribution in [1.29, 1.82) is 0 Å². The van der Waals surface area contributed by atoms with Crippen molar-refractivity contribution < 1.29 is 44.6 Å². The highest BCUT2D eigenvalue weighted by Gasteiger charge is 2.49. The van der Waals surface area contributed by atoms with Crippen molar-refractivity contribution in [1.82, 2.24) is 0 Å².